The van der Waals surface area contributed by atoms with Gasteiger partial charge in [-0.2, -0.15) is 0 Å². The fraction of sp³-hybridized carbons (Fsp3) is 0.571. The second-order valence-corrected chi connectivity index (χ2v) is 5.87. The predicted octanol–water partition coefficient (Wildman–Crippen LogP) is 2.99. The van der Waals surface area contributed by atoms with Crippen molar-refractivity contribution in [3.05, 3.63) is 34.3 Å². The molecule has 1 aromatic rings. The minimum atomic E-state index is -0.262. The van der Waals surface area contributed by atoms with E-state index >= 15 is 0 Å². The van der Waals surface area contributed by atoms with E-state index in [2.05, 4.69) is 52.4 Å². The Morgan fingerprint density at radius 3 is 2.29 bits per heavy atom. The summed E-state index contributed by atoms with van der Waals surface area (Å²) >= 11 is 3.43. The van der Waals surface area contributed by atoms with Gasteiger partial charge < -0.3 is 10.4 Å². The van der Waals surface area contributed by atoms with Crippen LogP contribution in [0, 0.1) is 5.92 Å². The topological polar surface area (TPSA) is 32.3 Å². The van der Waals surface area contributed by atoms with E-state index < -0.39 is 0 Å². The highest BCUT2D eigenvalue weighted by Crippen LogP contribution is 2.12. The largest absolute Gasteiger partial charge is 0.392 e. The summed E-state index contributed by atoms with van der Waals surface area (Å²) in [6, 6.07) is 8.75. The molecule has 17 heavy (non-hydrogen) atoms. The minimum Gasteiger partial charge on any atom is -0.392 e. The van der Waals surface area contributed by atoms with Crippen molar-refractivity contribution in [2.45, 2.75) is 39.3 Å². The van der Waals surface area contributed by atoms with Gasteiger partial charge in [0.25, 0.3) is 0 Å². The van der Waals surface area contributed by atoms with Crippen LogP contribution in [0.25, 0.3) is 0 Å². The van der Waals surface area contributed by atoms with Crippen LogP contribution >= 0.6 is 15.9 Å². The maximum absolute atomic E-state index is 9.71. The Morgan fingerprint density at radius 2 is 1.76 bits per heavy atom. The highest BCUT2D eigenvalue weighted by molar-refractivity contribution is 9.10. The first-order valence-corrected chi connectivity index (χ1v) is 6.94. The summed E-state index contributed by atoms with van der Waals surface area (Å²) in [5.41, 5.74) is 1.31. The number of halogens is 1. The predicted molar refractivity (Wildman–Crippen MR) is 76.2 cm³/mol. The second kappa shape index (κ2) is 7.14. The summed E-state index contributed by atoms with van der Waals surface area (Å²) in [7, 11) is 0. The molecule has 0 saturated carbocycles. The van der Waals surface area contributed by atoms with Crippen LogP contribution in [-0.2, 0) is 6.42 Å². The van der Waals surface area contributed by atoms with Gasteiger partial charge in [-0.1, -0.05) is 41.9 Å². The number of aliphatic hydroxyl groups is 1. The zero-order valence-corrected chi connectivity index (χ0v) is 12.4. The van der Waals surface area contributed by atoms with Crippen LogP contribution in [0.4, 0.5) is 0 Å². The normalized spacial score (nSPS) is 14.9. The van der Waals surface area contributed by atoms with Crippen molar-refractivity contribution in [2.75, 3.05) is 6.54 Å². The van der Waals surface area contributed by atoms with Gasteiger partial charge in [0, 0.05) is 17.1 Å². The van der Waals surface area contributed by atoms with Crippen LogP contribution in [0.1, 0.15) is 26.3 Å². The van der Waals surface area contributed by atoms with Gasteiger partial charge in [-0.3, -0.25) is 0 Å². The third kappa shape index (κ3) is 5.66. The van der Waals surface area contributed by atoms with Crippen LogP contribution in [0.3, 0.4) is 0 Å². The number of benzene rings is 1. The zero-order valence-electron chi connectivity index (χ0n) is 10.8. The maximum atomic E-state index is 9.71. The summed E-state index contributed by atoms with van der Waals surface area (Å²) in [4.78, 5) is 0. The smallest absolute Gasteiger partial charge is 0.0687 e. The van der Waals surface area contributed by atoms with Crippen LogP contribution < -0.4 is 5.32 Å². The average Bonchev–Trinajstić information content (AvgIpc) is 2.29. The molecule has 0 bridgehead atoms. The first-order chi connectivity index (χ1) is 7.99. The Morgan fingerprint density at radius 1 is 1.18 bits per heavy atom. The summed E-state index contributed by atoms with van der Waals surface area (Å²) in [6.07, 6.45) is 0.723. The van der Waals surface area contributed by atoms with Crippen molar-refractivity contribution in [1.82, 2.24) is 5.32 Å². The lowest BCUT2D eigenvalue weighted by atomic mass is 10.1. The fourth-order valence-electron chi connectivity index (χ4n) is 1.60. The molecule has 96 valence electrons. The van der Waals surface area contributed by atoms with Crippen molar-refractivity contribution >= 4 is 15.9 Å². The molecule has 0 aliphatic rings. The summed E-state index contributed by atoms with van der Waals surface area (Å²) in [6.45, 7) is 6.88. The van der Waals surface area contributed by atoms with E-state index in [1.54, 1.807) is 0 Å². The molecular formula is C14H22BrNO. The molecule has 0 aliphatic heterocycles. The lowest BCUT2D eigenvalue weighted by molar-refractivity contribution is 0.120. The van der Waals surface area contributed by atoms with Crippen molar-refractivity contribution in [3.63, 3.8) is 0 Å². The SMILES string of the molecule is CC(Cc1ccc(Br)cc1)NCC(O)C(C)C. The molecule has 0 fully saturated rings. The van der Waals surface area contributed by atoms with E-state index in [1.807, 2.05) is 13.8 Å². The maximum Gasteiger partial charge on any atom is 0.0687 e. The van der Waals surface area contributed by atoms with Crippen molar-refractivity contribution < 1.29 is 5.11 Å². The van der Waals surface area contributed by atoms with Gasteiger partial charge >= 0.3 is 0 Å². The molecule has 0 saturated heterocycles. The first kappa shape index (κ1) is 14.7. The minimum absolute atomic E-state index is 0.262. The quantitative estimate of drug-likeness (QED) is 0.846. The van der Waals surface area contributed by atoms with Gasteiger partial charge in [0.1, 0.15) is 0 Å². The number of hydrogen-bond donors (Lipinski definition) is 2. The summed E-state index contributed by atoms with van der Waals surface area (Å²) in [5.74, 6) is 0.308. The summed E-state index contributed by atoms with van der Waals surface area (Å²) < 4.78 is 1.11. The molecule has 0 heterocycles. The third-order valence-corrected chi connectivity index (χ3v) is 3.43. The molecule has 1 rings (SSSR count). The second-order valence-electron chi connectivity index (χ2n) is 4.95. The van der Waals surface area contributed by atoms with E-state index in [4.69, 9.17) is 0 Å². The molecule has 0 spiro atoms. The molecule has 0 aliphatic carbocycles. The lowest BCUT2D eigenvalue weighted by Gasteiger charge is -2.19. The Balaban J connectivity index is 2.34. The van der Waals surface area contributed by atoms with Gasteiger partial charge in [-0.25, -0.2) is 0 Å². The molecule has 2 nitrogen and oxygen atoms in total. The molecule has 2 N–H and O–H groups in total. The van der Waals surface area contributed by atoms with Crippen LogP contribution in [-0.4, -0.2) is 23.8 Å². The lowest BCUT2D eigenvalue weighted by Crippen LogP contribution is -2.37. The van der Waals surface area contributed by atoms with Gasteiger partial charge in [0.2, 0.25) is 0 Å². The fourth-order valence-corrected chi connectivity index (χ4v) is 1.87. The van der Waals surface area contributed by atoms with E-state index in [0.29, 0.717) is 18.5 Å². The van der Waals surface area contributed by atoms with E-state index in [9.17, 15) is 5.11 Å². The van der Waals surface area contributed by atoms with Crippen LogP contribution in [0.2, 0.25) is 0 Å². The number of rotatable bonds is 6. The highest BCUT2D eigenvalue weighted by atomic mass is 79.9. The Kier molecular flexibility index (Phi) is 6.17. The first-order valence-electron chi connectivity index (χ1n) is 6.15. The van der Waals surface area contributed by atoms with Crippen molar-refractivity contribution in [1.29, 1.82) is 0 Å². The Labute approximate surface area is 113 Å². The number of nitrogens with one attached hydrogen (secondary N) is 1. The average molecular weight is 300 g/mol. The summed E-state index contributed by atoms with van der Waals surface area (Å²) in [5, 5.41) is 13.1. The molecular weight excluding hydrogens is 278 g/mol. The van der Waals surface area contributed by atoms with E-state index in [0.717, 1.165) is 10.9 Å². The van der Waals surface area contributed by atoms with Gasteiger partial charge in [0.15, 0.2) is 0 Å². The standard InChI is InChI=1S/C14H22BrNO/c1-10(2)14(17)9-16-11(3)8-12-4-6-13(15)7-5-12/h4-7,10-11,14,16-17H,8-9H2,1-3H3. The van der Waals surface area contributed by atoms with Crippen molar-refractivity contribution in [3.8, 4) is 0 Å². The monoisotopic (exact) mass is 299 g/mol. The molecule has 0 aromatic heterocycles. The van der Waals surface area contributed by atoms with Crippen LogP contribution in [0.5, 0.6) is 0 Å². The highest BCUT2D eigenvalue weighted by Gasteiger charge is 2.10. The van der Waals surface area contributed by atoms with Crippen LogP contribution in [0.15, 0.2) is 28.7 Å². The van der Waals surface area contributed by atoms with Crippen molar-refractivity contribution in [2.24, 2.45) is 5.92 Å². The Bertz CT molecular complexity index is 323. The zero-order chi connectivity index (χ0) is 12.8. The van der Waals surface area contributed by atoms with Gasteiger partial charge in [-0.05, 0) is 37.0 Å². The Hall–Kier alpha value is -0.380. The molecule has 0 radical (unpaired) electrons. The van der Waals surface area contributed by atoms with E-state index in [-0.39, 0.29) is 6.10 Å². The van der Waals surface area contributed by atoms with E-state index in [1.165, 1.54) is 5.56 Å². The molecule has 2 unspecified atom stereocenters. The number of aliphatic hydroxyl groups excluding tert-OH is 1. The molecule has 0 amide bonds. The molecule has 3 heteroatoms. The number of hydrogen-bond acceptors (Lipinski definition) is 2. The van der Waals surface area contributed by atoms with Gasteiger partial charge in [0.05, 0.1) is 6.10 Å². The molecule has 1 aromatic carbocycles. The molecule has 2 atom stereocenters. The van der Waals surface area contributed by atoms with Gasteiger partial charge in [-0.15, -0.1) is 0 Å². The third-order valence-electron chi connectivity index (χ3n) is 2.90.